The van der Waals surface area contributed by atoms with E-state index in [-0.39, 0.29) is 16.6 Å². The van der Waals surface area contributed by atoms with Crippen LogP contribution in [0.3, 0.4) is 0 Å². The predicted molar refractivity (Wildman–Crippen MR) is 62.7 cm³/mol. The highest BCUT2D eigenvalue weighted by atomic mass is 35.5. The van der Waals surface area contributed by atoms with Gasteiger partial charge >= 0.3 is 0 Å². The molecular formula is C11H14ClFN2O2. The standard InChI is InChI=1S/C11H14ClFN2O2/c1-3-17-5-4-15(2)11(16)9-6-8(13)7-14-10(9)12/h6-7H,3-5H2,1-2H3. The molecule has 0 atom stereocenters. The van der Waals surface area contributed by atoms with Crippen molar-refractivity contribution in [3.8, 4) is 0 Å². The zero-order valence-electron chi connectivity index (χ0n) is 9.74. The van der Waals surface area contributed by atoms with Gasteiger partial charge in [-0.15, -0.1) is 0 Å². The smallest absolute Gasteiger partial charge is 0.256 e. The third-order valence-corrected chi connectivity index (χ3v) is 2.46. The van der Waals surface area contributed by atoms with Crippen molar-refractivity contribution in [1.82, 2.24) is 9.88 Å². The van der Waals surface area contributed by atoms with Gasteiger partial charge < -0.3 is 9.64 Å². The normalized spacial score (nSPS) is 10.4. The topological polar surface area (TPSA) is 42.4 Å². The van der Waals surface area contributed by atoms with Crippen LogP contribution in [0.5, 0.6) is 0 Å². The lowest BCUT2D eigenvalue weighted by atomic mass is 10.2. The highest BCUT2D eigenvalue weighted by Crippen LogP contribution is 2.15. The van der Waals surface area contributed by atoms with Crippen LogP contribution in [0.1, 0.15) is 17.3 Å². The number of carbonyl (C=O) groups is 1. The van der Waals surface area contributed by atoms with E-state index in [9.17, 15) is 9.18 Å². The Balaban J connectivity index is 2.71. The summed E-state index contributed by atoms with van der Waals surface area (Å²) in [6.45, 7) is 3.30. The summed E-state index contributed by atoms with van der Waals surface area (Å²) in [6.07, 6.45) is 0.972. The van der Waals surface area contributed by atoms with E-state index in [1.807, 2.05) is 6.92 Å². The molecule has 0 saturated carbocycles. The number of nitrogens with zero attached hydrogens (tertiary/aromatic N) is 2. The fourth-order valence-electron chi connectivity index (χ4n) is 1.23. The molecule has 0 aliphatic carbocycles. The van der Waals surface area contributed by atoms with E-state index in [2.05, 4.69) is 4.98 Å². The summed E-state index contributed by atoms with van der Waals surface area (Å²) in [7, 11) is 1.60. The third kappa shape index (κ3) is 3.94. The molecule has 1 heterocycles. The average Bonchev–Trinajstić information content (AvgIpc) is 2.31. The quantitative estimate of drug-likeness (QED) is 0.601. The molecule has 0 aliphatic rings. The van der Waals surface area contributed by atoms with Crippen molar-refractivity contribution in [3.63, 3.8) is 0 Å². The SMILES string of the molecule is CCOCCN(C)C(=O)c1cc(F)cnc1Cl. The van der Waals surface area contributed by atoms with Gasteiger partial charge in [0.05, 0.1) is 18.4 Å². The molecule has 0 bridgehead atoms. The van der Waals surface area contributed by atoms with Crippen LogP contribution in [0.15, 0.2) is 12.3 Å². The Hall–Kier alpha value is -1.20. The Morgan fingerprint density at radius 3 is 3.00 bits per heavy atom. The summed E-state index contributed by atoms with van der Waals surface area (Å²) in [5.41, 5.74) is 0.0608. The maximum atomic E-state index is 13.0. The highest BCUT2D eigenvalue weighted by Gasteiger charge is 2.16. The van der Waals surface area contributed by atoms with E-state index in [1.54, 1.807) is 7.05 Å². The molecule has 0 N–H and O–H groups in total. The molecule has 6 heteroatoms. The summed E-state index contributed by atoms with van der Waals surface area (Å²) >= 11 is 5.74. The van der Waals surface area contributed by atoms with Crippen molar-refractivity contribution in [2.75, 3.05) is 26.8 Å². The van der Waals surface area contributed by atoms with Crippen molar-refractivity contribution < 1.29 is 13.9 Å². The maximum Gasteiger partial charge on any atom is 0.256 e. The van der Waals surface area contributed by atoms with Gasteiger partial charge in [-0.2, -0.15) is 0 Å². The van der Waals surface area contributed by atoms with Gasteiger partial charge in [0.1, 0.15) is 11.0 Å². The molecule has 0 aliphatic heterocycles. The average molecular weight is 261 g/mol. The number of ether oxygens (including phenoxy) is 1. The van der Waals surface area contributed by atoms with Crippen LogP contribution in [0.2, 0.25) is 5.15 Å². The van der Waals surface area contributed by atoms with E-state index in [0.29, 0.717) is 19.8 Å². The monoisotopic (exact) mass is 260 g/mol. The van der Waals surface area contributed by atoms with Gasteiger partial charge in [0.15, 0.2) is 0 Å². The van der Waals surface area contributed by atoms with Crippen molar-refractivity contribution >= 4 is 17.5 Å². The Labute approximate surface area is 104 Å². The molecule has 0 aromatic carbocycles. The second-order valence-corrected chi connectivity index (χ2v) is 3.77. The second kappa shape index (κ2) is 6.51. The predicted octanol–water partition coefficient (Wildman–Crippen LogP) is 1.98. The number of likely N-dealkylation sites (N-methyl/N-ethyl adjacent to an activating group) is 1. The van der Waals surface area contributed by atoms with Gasteiger partial charge in [-0.05, 0) is 13.0 Å². The molecule has 0 spiro atoms. The summed E-state index contributed by atoms with van der Waals surface area (Å²) in [5.74, 6) is -0.960. The molecule has 0 saturated heterocycles. The minimum Gasteiger partial charge on any atom is -0.380 e. The van der Waals surface area contributed by atoms with Crippen molar-refractivity contribution in [2.45, 2.75) is 6.92 Å². The van der Waals surface area contributed by atoms with Crippen LogP contribution in [-0.4, -0.2) is 42.6 Å². The fourth-order valence-corrected chi connectivity index (χ4v) is 1.41. The molecule has 0 fully saturated rings. The lowest BCUT2D eigenvalue weighted by Gasteiger charge is -2.17. The summed E-state index contributed by atoms with van der Waals surface area (Å²) in [4.78, 5) is 16.9. The lowest BCUT2D eigenvalue weighted by molar-refractivity contribution is 0.0709. The van der Waals surface area contributed by atoms with Crippen LogP contribution in [0.4, 0.5) is 4.39 Å². The Kier molecular flexibility index (Phi) is 5.31. The largest absolute Gasteiger partial charge is 0.380 e. The number of hydrogen-bond donors (Lipinski definition) is 0. The number of carbonyl (C=O) groups excluding carboxylic acids is 1. The molecule has 1 amide bonds. The number of pyridine rings is 1. The minimum absolute atomic E-state index is 0.000315. The molecule has 0 radical (unpaired) electrons. The molecule has 0 unspecified atom stereocenters. The Bertz CT molecular complexity index is 401. The number of hydrogen-bond acceptors (Lipinski definition) is 3. The molecule has 94 valence electrons. The van der Waals surface area contributed by atoms with Gasteiger partial charge in [0.25, 0.3) is 5.91 Å². The zero-order valence-corrected chi connectivity index (χ0v) is 10.5. The van der Waals surface area contributed by atoms with Crippen molar-refractivity contribution in [3.05, 3.63) is 28.8 Å². The Morgan fingerprint density at radius 1 is 1.65 bits per heavy atom. The van der Waals surface area contributed by atoms with Crippen LogP contribution in [0.25, 0.3) is 0 Å². The summed E-state index contributed by atoms with van der Waals surface area (Å²) in [5, 5.41) is -0.000315. The van der Waals surface area contributed by atoms with Crippen molar-refractivity contribution in [1.29, 1.82) is 0 Å². The molecule has 1 aromatic rings. The second-order valence-electron chi connectivity index (χ2n) is 3.42. The summed E-state index contributed by atoms with van der Waals surface area (Å²) < 4.78 is 18.1. The molecule has 1 rings (SSSR count). The van der Waals surface area contributed by atoms with Gasteiger partial charge in [-0.25, -0.2) is 9.37 Å². The first-order valence-electron chi connectivity index (χ1n) is 5.20. The van der Waals surface area contributed by atoms with Gasteiger partial charge in [0, 0.05) is 20.2 Å². The zero-order chi connectivity index (χ0) is 12.8. The van der Waals surface area contributed by atoms with Crippen molar-refractivity contribution in [2.24, 2.45) is 0 Å². The van der Waals surface area contributed by atoms with Gasteiger partial charge in [-0.3, -0.25) is 4.79 Å². The van der Waals surface area contributed by atoms with Crippen LogP contribution < -0.4 is 0 Å². The maximum absolute atomic E-state index is 13.0. The van der Waals surface area contributed by atoms with Crippen LogP contribution >= 0.6 is 11.6 Å². The van der Waals surface area contributed by atoms with Crippen LogP contribution in [0, 0.1) is 5.82 Å². The molecule has 1 aromatic heterocycles. The minimum atomic E-state index is -0.587. The van der Waals surface area contributed by atoms with Crippen LogP contribution in [-0.2, 0) is 4.74 Å². The van der Waals surface area contributed by atoms with E-state index in [0.717, 1.165) is 12.3 Å². The number of halogens is 2. The molecule has 4 nitrogen and oxygen atoms in total. The van der Waals surface area contributed by atoms with Gasteiger partial charge in [-0.1, -0.05) is 11.6 Å². The summed E-state index contributed by atoms with van der Waals surface area (Å²) in [6, 6.07) is 1.08. The molecular weight excluding hydrogens is 247 g/mol. The number of aromatic nitrogens is 1. The first-order chi connectivity index (χ1) is 8.06. The first-order valence-corrected chi connectivity index (χ1v) is 5.58. The number of rotatable bonds is 5. The molecule has 17 heavy (non-hydrogen) atoms. The first kappa shape index (κ1) is 13.9. The van der Waals surface area contributed by atoms with E-state index in [4.69, 9.17) is 16.3 Å². The van der Waals surface area contributed by atoms with E-state index in [1.165, 1.54) is 4.90 Å². The third-order valence-electron chi connectivity index (χ3n) is 2.16. The highest BCUT2D eigenvalue weighted by molar-refractivity contribution is 6.32. The fraction of sp³-hybridized carbons (Fsp3) is 0.455. The Morgan fingerprint density at radius 2 is 2.35 bits per heavy atom. The number of amides is 1. The lowest BCUT2D eigenvalue weighted by Crippen LogP contribution is -2.30. The van der Waals surface area contributed by atoms with Gasteiger partial charge in [0.2, 0.25) is 0 Å². The van der Waals surface area contributed by atoms with E-state index < -0.39 is 5.82 Å². The van der Waals surface area contributed by atoms with E-state index >= 15 is 0 Å².